The zero-order valence-corrected chi connectivity index (χ0v) is 10.7. The third kappa shape index (κ3) is 1.63. The monoisotopic (exact) mass is 243 g/mol. The summed E-state index contributed by atoms with van der Waals surface area (Å²) in [6, 6.07) is 9.12. The van der Waals surface area contributed by atoms with Crippen molar-refractivity contribution in [1.82, 2.24) is 5.32 Å². The summed E-state index contributed by atoms with van der Waals surface area (Å²) in [6.07, 6.45) is 4.52. The van der Waals surface area contributed by atoms with Crippen LogP contribution in [0.2, 0.25) is 0 Å². The molecule has 2 nitrogen and oxygen atoms in total. The predicted molar refractivity (Wildman–Crippen MR) is 70.8 cm³/mol. The van der Waals surface area contributed by atoms with Crippen molar-refractivity contribution >= 4 is 0 Å². The molecule has 0 saturated heterocycles. The molecule has 2 N–H and O–H groups in total. The minimum Gasteiger partial charge on any atom is -0.392 e. The van der Waals surface area contributed by atoms with Crippen LogP contribution in [-0.4, -0.2) is 11.1 Å². The average Bonchev–Trinajstić information content (AvgIpc) is 2.81. The van der Waals surface area contributed by atoms with E-state index in [-0.39, 0.29) is 6.61 Å². The van der Waals surface area contributed by atoms with Gasteiger partial charge in [-0.1, -0.05) is 24.3 Å². The van der Waals surface area contributed by atoms with Crippen LogP contribution < -0.4 is 5.32 Å². The Labute approximate surface area is 108 Å². The number of nitrogens with one attached hydrogen (secondary N) is 1. The average molecular weight is 243 g/mol. The number of fused-ring (bicyclic) bond motifs is 5. The van der Waals surface area contributed by atoms with Crippen LogP contribution in [0.25, 0.3) is 0 Å². The summed E-state index contributed by atoms with van der Waals surface area (Å²) in [6.45, 7) is 1.13. The van der Waals surface area contributed by atoms with E-state index in [0.717, 1.165) is 41.8 Å². The van der Waals surface area contributed by atoms with Gasteiger partial charge in [-0.05, 0) is 54.1 Å². The molecule has 0 aromatic heterocycles. The lowest BCUT2D eigenvalue weighted by atomic mass is 10.0. The Balaban J connectivity index is 1.34. The Morgan fingerprint density at radius 1 is 1.00 bits per heavy atom. The van der Waals surface area contributed by atoms with E-state index in [0.29, 0.717) is 0 Å². The van der Waals surface area contributed by atoms with Gasteiger partial charge in [-0.15, -0.1) is 0 Å². The van der Waals surface area contributed by atoms with E-state index in [1.165, 1.54) is 24.8 Å². The summed E-state index contributed by atoms with van der Waals surface area (Å²) in [5.41, 5.74) is 2.34. The zero-order chi connectivity index (χ0) is 12.1. The Hall–Kier alpha value is -0.860. The number of hydrogen-bond acceptors (Lipinski definition) is 2. The minimum absolute atomic E-state index is 0.143. The zero-order valence-electron chi connectivity index (χ0n) is 10.7. The van der Waals surface area contributed by atoms with Crippen LogP contribution in [0.4, 0.5) is 0 Å². The third-order valence-corrected chi connectivity index (χ3v) is 5.48. The summed E-state index contributed by atoms with van der Waals surface area (Å²) < 4.78 is 0. The SMILES string of the molecule is OCc1ccc(CNC2C3C4CCC(C4)C23)cc1. The van der Waals surface area contributed by atoms with Crippen LogP contribution in [0, 0.1) is 23.7 Å². The molecule has 2 heteroatoms. The molecule has 96 valence electrons. The van der Waals surface area contributed by atoms with Crippen molar-refractivity contribution in [3.63, 3.8) is 0 Å². The predicted octanol–water partition coefficient (Wildman–Crippen LogP) is 2.31. The van der Waals surface area contributed by atoms with E-state index in [1.807, 2.05) is 12.1 Å². The second kappa shape index (κ2) is 4.07. The van der Waals surface area contributed by atoms with Crippen LogP contribution >= 0.6 is 0 Å². The minimum atomic E-state index is 0.143. The third-order valence-electron chi connectivity index (χ3n) is 5.48. The molecule has 4 unspecified atom stereocenters. The maximum Gasteiger partial charge on any atom is 0.0681 e. The summed E-state index contributed by atoms with van der Waals surface area (Å²) >= 11 is 0. The van der Waals surface area contributed by atoms with Crippen molar-refractivity contribution in [2.24, 2.45) is 23.7 Å². The number of rotatable bonds is 4. The Bertz CT molecular complexity index is 425. The van der Waals surface area contributed by atoms with Gasteiger partial charge in [-0.2, -0.15) is 0 Å². The lowest BCUT2D eigenvalue weighted by Crippen LogP contribution is -2.22. The summed E-state index contributed by atoms with van der Waals surface area (Å²) in [5, 5.41) is 12.8. The molecule has 18 heavy (non-hydrogen) atoms. The molecule has 0 radical (unpaired) electrons. The fourth-order valence-corrected chi connectivity index (χ4v) is 4.60. The first-order valence-electron chi connectivity index (χ1n) is 7.29. The van der Waals surface area contributed by atoms with Gasteiger partial charge in [0.05, 0.1) is 6.61 Å². The van der Waals surface area contributed by atoms with Gasteiger partial charge < -0.3 is 10.4 Å². The summed E-state index contributed by atoms with van der Waals surface area (Å²) in [4.78, 5) is 0. The van der Waals surface area contributed by atoms with Gasteiger partial charge >= 0.3 is 0 Å². The second-order valence-corrected chi connectivity index (χ2v) is 6.37. The van der Waals surface area contributed by atoms with Gasteiger partial charge in [0, 0.05) is 12.6 Å². The largest absolute Gasteiger partial charge is 0.392 e. The van der Waals surface area contributed by atoms with Crippen molar-refractivity contribution in [3.05, 3.63) is 35.4 Å². The first kappa shape index (κ1) is 11.0. The van der Waals surface area contributed by atoms with Crippen LogP contribution in [0.1, 0.15) is 30.4 Å². The number of hydrogen-bond donors (Lipinski definition) is 2. The van der Waals surface area contributed by atoms with E-state index >= 15 is 0 Å². The molecule has 3 saturated carbocycles. The van der Waals surface area contributed by atoms with Crippen molar-refractivity contribution in [3.8, 4) is 0 Å². The Morgan fingerprint density at radius 3 is 2.22 bits per heavy atom. The molecular weight excluding hydrogens is 222 g/mol. The fraction of sp³-hybridized carbons (Fsp3) is 0.625. The highest BCUT2D eigenvalue weighted by atomic mass is 16.3. The fourth-order valence-electron chi connectivity index (χ4n) is 4.60. The maximum absolute atomic E-state index is 9.02. The molecule has 0 heterocycles. The van der Waals surface area contributed by atoms with Crippen LogP contribution in [0.5, 0.6) is 0 Å². The lowest BCUT2D eigenvalue weighted by molar-refractivity contribution is 0.282. The topological polar surface area (TPSA) is 32.3 Å². The molecule has 4 atom stereocenters. The van der Waals surface area contributed by atoms with E-state index in [2.05, 4.69) is 17.4 Å². The van der Waals surface area contributed by atoms with Crippen LogP contribution in [-0.2, 0) is 13.2 Å². The van der Waals surface area contributed by atoms with Crippen molar-refractivity contribution in [1.29, 1.82) is 0 Å². The van der Waals surface area contributed by atoms with E-state index in [1.54, 1.807) is 0 Å². The van der Waals surface area contributed by atoms with Gasteiger partial charge in [0.2, 0.25) is 0 Å². The van der Waals surface area contributed by atoms with Gasteiger partial charge in [0.1, 0.15) is 0 Å². The van der Waals surface area contributed by atoms with Crippen molar-refractivity contribution in [2.75, 3.05) is 0 Å². The molecule has 0 aliphatic heterocycles. The van der Waals surface area contributed by atoms with Gasteiger partial charge in [0.25, 0.3) is 0 Å². The highest BCUT2D eigenvalue weighted by Gasteiger charge is 2.64. The van der Waals surface area contributed by atoms with E-state index in [4.69, 9.17) is 5.11 Å². The molecule has 3 aliphatic rings. The summed E-state index contributed by atoms with van der Waals surface area (Å²) in [7, 11) is 0. The standard InChI is InChI=1S/C16H21NO/c18-9-11-3-1-10(2-4-11)8-17-16-14-12-5-6-13(7-12)15(14)16/h1-4,12-18H,5-9H2. The smallest absolute Gasteiger partial charge is 0.0681 e. The molecule has 2 bridgehead atoms. The van der Waals surface area contributed by atoms with Gasteiger partial charge in [0.15, 0.2) is 0 Å². The Kier molecular flexibility index (Phi) is 2.49. The lowest BCUT2D eigenvalue weighted by Gasteiger charge is -2.10. The second-order valence-electron chi connectivity index (χ2n) is 6.37. The Morgan fingerprint density at radius 2 is 1.61 bits per heavy atom. The molecule has 3 fully saturated rings. The molecule has 4 rings (SSSR count). The summed E-state index contributed by atoms with van der Waals surface area (Å²) in [5.74, 6) is 4.13. The maximum atomic E-state index is 9.02. The van der Waals surface area contributed by atoms with Gasteiger partial charge in [-0.25, -0.2) is 0 Å². The highest BCUT2D eigenvalue weighted by Crippen LogP contribution is 2.65. The molecule has 1 aromatic carbocycles. The molecule has 3 aliphatic carbocycles. The first-order valence-corrected chi connectivity index (χ1v) is 7.29. The number of aliphatic hydroxyl groups excluding tert-OH is 1. The van der Waals surface area contributed by atoms with E-state index in [9.17, 15) is 0 Å². The van der Waals surface area contributed by atoms with Crippen LogP contribution in [0.3, 0.4) is 0 Å². The first-order chi connectivity index (χ1) is 8.86. The normalized spacial score (nSPS) is 39.9. The van der Waals surface area contributed by atoms with Crippen molar-refractivity contribution < 1.29 is 5.11 Å². The molecule has 1 aromatic rings. The highest BCUT2D eigenvalue weighted by molar-refractivity contribution is 5.23. The number of aliphatic hydroxyl groups is 1. The quantitative estimate of drug-likeness (QED) is 0.850. The molecule has 0 amide bonds. The number of benzene rings is 1. The van der Waals surface area contributed by atoms with Crippen LogP contribution in [0.15, 0.2) is 24.3 Å². The van der Waals surface area contributed by atoms with Gasteiger partial charge in [-0.3, -0.25) is 0 Å². The molecule has 0 spiro atoms. The van der Waals surface area contributed by atoms with Crippen molar-refractivity contribution in [2.45, 2.75) is 38.5 Å². The van der Waals surface area contributed by atoms with E-state index < -0.39 is 0 Å². The molecular formula is C16H21NO.